The second-order valence-electron chi connectivity index (χ2n) is 5.16. The van der Waals surface area contributed by atoms with E-state index in [2.05, 4.69) is 4.98 Å². The van der Waals surface area contributed by atoms with E-state index in [0.717, 1.165) is 11.1 Å². The van der Waals surface area contributed by atoms with E-state index in [0.29, 0.717) is 34.9 Å². The first-order valence-electron chi connectivity index (χ1n) is 7.09. The minimum absolute atomic E-state index is 0.0978. The molecule has 0 fully saturated rings. The van der Waals surface area contributed by atoms with Crippen molar-refractivity contribution in [3.8, 4) is 5.69 Å². The Morgan fingerprint density at radius 1 is 1.23 bits per heavy atom. The third-order valence-corrected chi connectivity index (χ3v) is 3.84. The molecule has 0 atom stereocenters. The average Bonchev–Trinajstić information content (AvgIpc) is 2.49. The average molecular weight is 314 g/mol. The summed E-state index contributed by atoms with van der Waals surface area (Å²) in [5.41, 5.74) is 8.00. The van der Waals surface area contributed by atoms with Gasteiger partial charge in [-0.1, -0.05) is 29.8 Å². The van der Waals surface area contributed by atoms with Gasteiger partial charge in [0.1, 0.15) is 5.82 Å². The lowest BCUT2D eigenvalue weighted by atomic mass is 10.1. The van der Waals surface area contributed by atoms with E-state index in [4.69, 9.17) is 17.3 Å². The highest BCUT2D eigenvalue weighted by atomic mass is 35.5. The van der Waals surface area contributed by atoms with Crippen LogP contribution in [0.1, 0.15) is 11.4 Å². The highest BCUT2D eigenvalue weighted by Gasteiger charge is 2.13. The third kappa shape index (κ3) is 2.51. The van der Waals surface area contributed by atoms with Gasteiger partial charge in [0, 0.05) is 11.4 Å². The first-order valence-corrected chi connectivity index (χ1v) is 7.47. The van der Waals surface area contributed by atoms with Crippen LogP contribution in [0.25, 0.3) is 16.6 Å². The van der Waals surface area contributed by atoms with Crippen LogP contribution in [0, 0.1) is 6.92 Å². The van der Waals surface area contributed by atoms with E-state index in [9.17, 15) is 4.79 Å². The number of nitrogens with zero attached hydrogens (tertiary/aromatic N) is 2. The van der Waals surface area contributed by atoms with Crippen LogP contribution in [-0.2, 0) is 6.42 Å². The zero-order valence-electron chi connectivity index (χ0n) is 12.2. The Labute approximate surface area is 133 Å². The van der Waals surface area contributed by atoms with Gasteiger partial charge in [-0.3, -0.25) is 9.36 Å². The van der Waals surface area contributed by atoms with Crippen LogP contribution in [0.5, 0.6) is 0 Å². The number of rotatable bonds is 3. The Hall–Kier alpha value is -2.17. The van der Waals surface area contributed by atoms with Crippen molar-refractivity contribution in [3.05, 3.63) is 69.2 Å². The van der Waals surface area contributed by atoms with Crippen LogP contribution >= 0.6 is 11.6 Å². The van der Waals surface area contributed by atoms with Crippen LogP contribution in [0.2, 0.25) is 5.02 Å². The van der Waals surface area contributed by atoms with E-state index in [1.54, 1.807) is 22.8 Å². The Kier molecular flexibility index (Phi) is 3.96. The zero-order valence-corrected chi connectivity index (χ0v) is 13.0. The first kappa shape index (κ1) is 14.8. The van der Waals surface area contributed by atoms with Gasteiger partial charge in [-0.2, -0.15) is 0 Å². The minimum atomic E-state index is -0.0978. The molecule has 0 spiro atoms. The highest BCUT2D eigenvalue weighted by molar-refractivity contribution is 6.30. The summed E-state index contributed by atoms with van der Waals surface area (Å²) in [7, 11) is 0. The van der Waals surface area contributed by atoms with Crippen molar-refractivity contribution in [3.63, 3.8) is 0 Å². The molecule has 2 aromatic carbocycles. The summed E-state index contributed by atoms with van der Waals surface area (Å²) in [5.74, 6) is 0.650. The lowest BCUT2D eigenvalue weighted by Gasteiger charge is -2.14. The zero-order chi connectivity index (χ0) is 15.7. The highest BCUT2D eigenvalue weighted by Crippen LogP contribution is 2.18. The predicted octanol–water partition coefficient (Wildman–Crippen LogP) is 2.85. The van der Waals surface area contributed by atoms with Gasteiger partial charge in [-0.25, -0.2) is 4.98 Å². The molecular formula is C17H16ClN3O. The fourth-order valence-corrected chi connectivity index (χ4v) is 2.76. The molecule has 0 aliphatic carbocycles. The van der Waals surface area contributed by atoms with E-state index in [1.165, 1.54) is 0 Å². The number of fused-ring (bicyclic) bond motifs is 1. The molecule has 0 aliphatic heterocycles. The molecular weight excluding hydrogens is 298 g/mol. The standard InChI is InChI=1S/C17H16ClN3O/c1-11-4-2-7-14-16(11)20-15(8-9-19)21(17(14)22)13-6-3-5-12(18)10-13/h2-7,10H,8-9,19H2,1H3. The molecule has 5 heteroatoms. The lowest BCUT2D eigenvalue weighted by Crippen LogP contribution is -2.25. The molecule has 4 nitrogen and oxygen atoms in total. The SMILES string of the molecule is Cc1cccc2c(=O)n(-c3cccc(Cl)c3)c(CCN)nc12. The number of halogens is 1. The van der Waals surface area contributed by atoms with Gasteiger partial charge < -0.3 is 5.73 Å². The second kappa shape index (κ2) is 5.91. The molecule has 0 unspecified atom stereocenters. The molecule has 0 radical (unpaired) electrons. The van der Waals surface area contributed by atoms with E-state index in [-0.39, 0.29) is 5.56 Å². The maximum atomic E-state index is 12.9. The van der Waals surface area contributed by atoms with Crippen molar-refractivity contribution in [2.75, 3.05) is 6.54 Å². The van der Waals surface area contributed by atoms with Crippen LogP contribution in [0.3, 0.4) is 0 Å². The molecule has 1 heterocycles. The summed E-state index contributed by atoms with van der Waals surface area (Å²) in [4.78, 5) is 17.6. The molecule has 0 amide bonds. The second-order valence-corrected chi connectivity index (χ2v) is 5.59. The number of hydrogen-bond acceptors (Lipinski definition) is 3. The van der Waals surface area contributed by atoms with Gasteiger partial charge in [-0.15, -0.1) is 0 Å². The van der Waals surface area contributed by atoms with Crippen LogP contribution in [-0.4, -0.2) is 16.1 Å². The van der Waals surface area contributed by atoms with Crippen molar-refractivity contribution in [1.29, 1.82) is 0 Å². The Morgan fingerprint density at radius 3 is 2.73 bits per heavy atom. The maximum absolute atomic E-state index is 12.9. The number of hydrogen-bond donors (Lipinski definition) is 1. The van der Waals surface area contributed by atoms with Gasteiger partial charge in [0.2, 0.25) is 0 Å². The Bertz CT molecular complexity index is 902. The van der Waals surface area contributed by atoms with Crippen LogP contribution in [0.4, 0.5) is 0 Å². The summed E-state index contributed by atoms with van der Waals surface area (Å²) >= 11 is 6.06. The number of aryl methyl sites for hydroxylation is 1. The maximum Gasteiger partial charge on any atom is 0.265 e. The van der Waals surface area contributed by atoms with Gasteiger partial charge in [0.15, 0.2) is 0 Å². The smallest absolute Gasteiger partial charge is 0.265 e. The first-order chi connectivity index (χ1) is 10.6. The summed E-state index contributed by atoms with van der Waals surface area (Å²) in [6.07, 6.45) is 0.520. The molecule has 3 aromatic rings. The van der Waals surface area contributed by atoms with E-state index < -0.39 is 0 Å². The molecule has 22 heavy (non-hydrogen) atoms. The number of benzene rings is 2. The number of para-hydroxylation sites is 1. The van der Waals surface area contributed by atoms with Crippen molar-refractivity contribution < 1.29 is 0 Å². The monoisotopic (exact) mass is 313 g/mol. The minimum Gasteiger partial charge on any atom is -0.330 e. The van der Waals surface area contributed by atoms with Crippen molar-refractivity contribution in [2.24, 2.45) is 5.73 Å². The van der Waals surface area contributed by atoms with Crippen LogP contribution < -0.4 is 11.3 Å². The van der Waals surface area contributed by atoms with E-state index in [1.807, 2.05) is 31.2 Å². The summed E-state index contributed by atoms with van der Waals surface area (Å²) in [6.45, 7) is 2.37. The molecule has 0 saturated carbocycles. The Balaban J connectivity index is 2.39. The lowest BCUT2D eigenvalue weighted by molar-refractivity contribution is 0.796. The van der Waals surface area contributed by atoms with Gasteiger partial charge >= 0.3 is 0 Å². The summed E-state index contributed by atoms with van der Waals surface area (Å²) < 4.78 is 1.60. The molecule has 2 N–H and O–H groups in total. The third-order valence-electron chi connectivity index (χ3n) is 3.60. The van der Waals surface area contributed by atoms with Gasteiger partial charge in [0.05, 0.1) is 16.6 Å². The fourth-order valence-electron chi connectivity index (χ4n) is 2.57. The Morgan fingerprint density at radius 2 is 2.00 bits per heavy atom. The molecule has 3 rings (SSSR count). The van der Waals surface area contributed by atoms with Crippen molar-refractivity contribution in [1.82, 2.24) is 9.55 Å². The van der Waals surface area contributed by atoms with Gasteiger partial charge in [0.25, 0.3) is 5.56 Å². The normalized spacial score (nSPS) is 11.0. The van der Waals surface area contributed by atoms with Crippen molar-refractivity contribution in [2.45, 2.75) is 13.3 Å². The largest absolute Gasteiger partial charge is 0.330 e. The molecule has 1 aromatic heterocycles. The van der Waals surface area contributed by atoms with Gasteiger partial charge in [-0.05, 0) is 43.3 Å². The predicted molar refractivity (Wildman–Crippen MR) is 89.8 cm³/mol. The molecule has 112 valence electrons. The van der Waals surface area contributed by atoms with E-state index >= 15 is 0 Å². The number of aromatic nitrogens is 2. The quantitative estimate of drug-likeness (QED) is 0.809. The summed E-state index contributed by atoms with van der Waals surface area (Å²) in [6, 6.07) is 12.8. The fraction of sp³-hybridized carbons (Fsp3) is 0.176. The van der Waals surface area contributed by atoms with Crippen molar-refractivity contribution >= 4 is 22.5 Å². The van der Waals surface area contributed by atoms with Crippen LogP contribution in [0.15, 0.2) is 47.3 Å². The summed E-state index contributed by atoms with van der Waals surface area (Å²) in [5, 5.41) is 1.17. The molecule has 0 bridgehead atoms. The molecule has 0 saturated heterocycles. The number of nitrogens with two attached hydrogens (primary N) is 1. The molecule has 0 aliphatic rings. The topological polar surface area (TPSA) is 60.9 Å².